The van der Waals surface area contributed by atoms with Crippen molar-refractivity contribution >= 4 is 28.3 Å². The lowest BCUT2D eigenvalue weighted by Crippen LogP contribution is -2.56. The number of hydrogen-bond donors (Lipinski definition) is 2. The Hall–Kier alpha value is -2.75. The summed E-state index contributed by atoms with van der Waals surface area (Å²) in [5, 5.41) is 6.70. The number of likely N-dealkylation sites (N-methyl/N-ethyl adjacent to an activating group) is 1. The predicted molar refractivity (Wildman–Crippen MR) is 131 cm³/mol. The van der Waals surface area contributed by atoms with Crippen LogP contribution in [0, 0.1) is 11.8 Å². The number of benzene rings is 1. The van der Waals surface area contributed by atoms with E-state index in [1.165, 1.54) is 22.0 Å². The number of nitrogens with zero attached hydrogens (tertiary/aromatic N) is 2. The largest absolute Gasteiger partial charge is 0.348 e. The molecule has 5 nitrogen and oxygen atoms in total. The number of fused-ring (bicyclic) bond motifs is 2. The van der Waals surface area contributed by atoms with Gasteiger partial charge in [0, 0.05) is 48.5 Å². The van der Waals surface area contributed by atoms with Gasteiger partial charge in [-0.2, -0.15) is 0 Å². The molecule has 1 aromatic carbocycles. The Balaban J connectivity index is 1.47. The molecule has 2 amide bonds. The van der Waals surface area contributed by atoms with Gasteiger partial charge in [0.25, 0.3) is 0 Å². The summed E-state index contributed by atoms with van der Waals surface area (Å²) in [5.74, 6) is 7.14. The summed E-state index contributed by atoms with van der Waals surface area (Å²) in [6.07, 6.45) is 1.96. The van der Waals surface area contributed by atoms with E-state index in [0.29, 0.717) is 12.0 Å². The van der Waals surface area contributed by atoms with E-state index >= 15 is 0 Å². The smallest absolute Gasteiger partial charge is 0.317 e. The third-order valence-electron chi connectivity index (χ3n) is 7.06. The molecule has 6 heteroatoms. The van der Waals surface area contributed by atoms with Crippen molar-refractivity contribution in [2.45, 2.75) is 44.7 Å². The van der Waals surface area contributed by atoms with Gasteiger partial charge in [-0.15, -0.1) is 11.3 Å². The van der Waals surface area contributed by atoms with Crippen LogP contribution in [0.15, 0.2) is 35.7 Å². The summed E-state index contributed by atoms with van der Waals surface area (Å²) < 4.78 is 0. The first-order valence-corrected chi connectivity index (χ1v) is 12.4. The van der Waals surface area contributed by atoms with Crippen molar-refractivity contribution < 1.29 is 4.79 Å². The molecule has 1 fully saturated rings. The Morgan fingerprint density at radius 3 is 2.84 bits per heavy atom. The highest BCUT2D eigenvalue weighted by atomic mass is 32.1. The molecule has 32 heavy (non-hydrogen) atoms. The first-order valence-electron chi connectivity index (χ1n) is 11.5. The van der Waals surface area contributed by atoms with Gasteiger partial charge in [0.05, 0.1) is 10.6 Å². The van der Waals surface area contributed by atoms with Crippen LogP contribution in [0.4, 0.5) is 4.79 Å². The minimum absolute atomic E-state index is 0.0503. The lowest BCUT2D eigenvalue weighted by Gasteiger charge is -2.46. The van der Waals surface area contributed by atoms with Crippen molar-refractivity contribution in [1.29, 1.82) is 0 Å². The second-order valence-corrected chi connectivity index (χ2v) is 9.80. The highest BCUT2D eigenvalue weighted by Crippen LogP contribution is 2.44. The number of thiophene rings is 1. The molecule has 3 aromatic rings. The SMILES string of the molecule is CCN(CC)C(=O)N[C@H]1C[C@@H]2c3cccc4[nH]c(C#Cc5cccs5)c(c34)C[C@H]2N(C)C1. The van der Waals surface area contributed by atoms with Gasteiger partial charge in [0.1, 0.15) is 0 Å². The second-order valence-electron chi connectivity index (χ2n) is 8.85. The number of urea groups is 1. The molecule has 0 saturated carbocycles. The number of nitrogens with one attached hydrogen (secondary N) is 2. The molecule has 3 atom stereocenters. The van der Waals surface area contributed by atoms with Crippen molar-refractivity contribution in [3.63, 3.8) is 0 Å². The van der Waals surface area contributed by atoms with Gasteiger partial charge in [-0.25, -0.2) is 4.79 Å². The van der Waals surface area contributed by atoms with Crippen LogP contribution in [-0.4, -0.2) is 59.6 Å². The quantitative estimate of drug-likeness (QED) is 0.586. The van der Waals surface area contributed by atoms with E-state index in [1.807, 2.05) is 24.8 Å². The molecule has 0 radical (unpaired) electrons. The van der Waals surface area contributed by atoms with Crippen molar-refractivity contribution in [3.05, 3.63) is 57.4 Å². The number of likely N-dealkylation sites (tertiary alicyclic amines) is 1. The van der Waals surface area contributed by atoms with E-state index in [4.69, 9.17) is 0 Å². The van der Waals surface area contributed by atoms with Crippen molar-refractivity contribution in [2.75, 3.05) is 26.7 Å². The normalized spacial score (nSPS) is 22.2. The van der Waals surface area contributed by atoms with Crippen molar-refractivity contribution in [3.8, 4) is 11.8 Å². The average molecular weight is 447 g/mol. The first-order chi connectivity index (χ1) is 15.6. The molecule has 2 aliphatic rings. The molecule has 0 bridgehead atoms. The van der Waals surface area contributed by atoms with Gasteiger partial charge >= 0.3 is 6.03 Å². The summed E-state index contributed by atoms with van der Waals surface area (Å²) in [7, 11) is 2.20. The van der Waals surface area contributed by atoms with Crippen LogP contribution in [0.25, 0.3) is 10.9 Å². The molecular weight excluding hydrogens is 416 g/mol. The number of H-pyrrole nitrogens is 1. The number of piperidine rings is 1. The molecule has 1 saturated heterocycles. The maximum absolute atomic E-state index is 12.7. The van der Waals surface area contributed by atoms with Gasteiger partial charge in [-0.3, -0.25) is 0 Å². The topological polar surface area (TPSA) is 51.4 Å². The zero-order valence-corrected chi connectivity index (χ0v) is 19.8. The summed E-state index contributed by atoms with van der Waals surface area (Å²) in [6, 6.07) is 11.3. The first kappa shape index (κ1) is 21.1. The van der Waals surface area contributed by atoms with Gasteiger partial charge in [0.2, 0.25) is 0 Å². The number of hydrogen-bond acceptors (Lipinski definition) is 3. The molecule has 3 heterocycles. The molecule has 1 aliphatic heterocycles. The van der Waals surface area contributed by atoms with Crippen molar-refractivity contribution in [1.82, 2.24) is 20.1 Å². The lowest BCUT2D eigenvalue weighted by molar-refractivity contribution is 0.124. The zero-order chi connectivity index (χ0) is 22.2. The molecule has 1 aliphatic carbocycles. The highest BCUT2D eigenvalue weighted by molar-refractivity contribution is 7.10. The van der Waals surface area contributed by atoms with Crippen molar-refractivity contribution in [2.24, 2.45) is 0 Å². The Bertz CT molecular complexity index is 1180. The van der Waals surface area contributed by atoms with Crippen LogP contribution in [0.1, 0.15) is 47.9 Å². The summed E-state index contributed by atoms with van der Waals surface area (Å²) in [6.45, 7) is 6.40. The number of carbonyl (C=O) groups excluding carboxylic acids is 1. The van der Waals surface area contributed by atoms with Gasteiger partial charge < -0.3 is 20.1 Å². The number of rotatable bonds is 3. The molecule has 0 spiro atoms. The number of aromatic amines is 1. The van der Waals surface area contributed by atoms with E-state index < -0.39 is 0 Å². The molecule has 0 unspecified atom stereocenters. The molecular formula is C26H30N4OS. The maximum Gasteiger partial charge on any atom is 0.317 e. The standard InChI is InChI=1S/C26H30N4OS/c1-4-30(5-2)26(31)27-17-14-20-19-9-6-10-23-25(19)21(15-24(20)29(3)16-17)22(28-23)12-11-18-8-7-13-32-18/h6-10,13,17,20,24,28H,4-5,14-16H2,1-3H3,(H,27,31)/t17-,20+,24+/m0/s1. The predicted octanol–water partition coefficient (Wildman–Crippen LogP) is 4.39. The fraction of sp³-hybridized carbons (Fsp3) is 0.423. The fourth-order valence-corrected chi connectivity index (χ4v) is 6.06. The number of aromatic nitrogens is 1. The number of amides is 2. The monoisotopic (exact) mass is 446 g/mol. The summed E-state index contributed by atoms with van der Waals surface area (Å²) in [4.78, 5) is 21.7. The van der Waals surface area contributed by atoms with Crippen LogP contribution in [0.5, 0.6) is 0 Å². The highest BCUT2D eigenvalue weighted by Gasteiger charge is 2.40. The molecule has 166 valence electrons. The van der Waals surface area contributed by atoms with Crippen LogP contribution in [0.3, 0.4) is 0 Å². The Kier molecular flexibility index (Phi) is 5.71. The average Bonchev–Trinajstić information content (AvgIpc) is 3.43. The van der Waals surface area contributed by atoms with Gasteiger partial charge in [0.15, 0.2) is 0 Å². The van der Waals surface area contributed by atoms with Gasteiger partial charge in [-0.05, 0) is 74.2 Å². The van der Waals surface area contributed by atoms with Crippen LogP contribution >= 0.6 is 11.3 Å². The fourth-order valence-electron chi connectivity index (χ4n) is 5.49. The van der Waals surface area contributed by atoms with E-state index in [9.17, 15) is 4.79 Å². The Morgan fingerprint density at radius 1 is 1.25 bits per heavy atom. The lowest BCUT2D eigenvalue weighted by atomic mass is 9.73. The van der Waals surface area contributed by atoms with Gasteiger partial charge in [-0.1, -0.05) is 18.2 Å². The van der Waals surface area contributed by atoms with E-state index in [1.54, 1.807) is 11.3 Å². The number of carbonyl (C=O) groups is 1. The maximum atomic E-state index is 12.7. The Labute approximate surface area is 193 Å². The zero-order valence-electron chi connectivity index (χ0n) is 18.9. The van der Waals surface area contributed by atoms with E-state index in [-0.39, 0.29) is 12.1 Å². The minimum atomic E-state index is 0.0503. The third kappa shape index (κ3) is 3.70. The Morgan fingerprint density at radius 2 is 2.09 bits per heavy atom. The molecule has 5 rings (SSSR count). The summed E-state index contributed by atoms with van der Waals surface area (Å²) >= 11 is 1.67. The molecule has 2 N–H and O–H groups in total. The van der Waals surface area contributed by atoms with Crippen LogP contribution in [-0.2, 0) is 6.42 Å². The van der Waals surface area contributed by atoms with Crippen LogP contribution < -0.4 is 5.32 Å². The second kappa shape index (κ2) is 8.65. The third-order valence-corrected chi connectivity index (χ3v) is 7.85. The minimum Gasteiger partial charge on any atom is -0.348 e. The molecule has 2 aromatic heterocycles. The van der Waals surface area contributed by atoms with Crippen LogP contribution in [0.2, 0.25) is 0 Å². The summed E-state index contributed by atoms with van der Waals surface area (Å²) in [5.41, 5.74) is 4.95. The van der Waals surface area contributed by atoms with E-state index in [0.717, 1.165) is 43.0 Å². The van der Waals surface area contributed by atoms with E-state index in [2.05, 4.69) is 63.7 Å².